The number of unbranched alkanes of at least 4 members (excludes halogenated alkanes) is 1. The minimum absolute atomic E-state index is 0.130. The highest BCUT2D eigenvalue weighted by Gasteiger charge is 2.17. The number of ketones is 1. The van der Waals surface area contributed by atoms with E-state index in [2.05, 4.69) is 22.1 Å². The number of carbonyl (C=O) groups is 1. The monoisotopic (exact) mass is 377 g/mol. The van der Waals surface area contributed by atoms with E-state index in [1.807, 2.05) is 31.2 Å². The molecule has 0 aliphatic carbocycles. The molecule has 3 aromatic rings. The van der Waals surface area contributed by atoms with Crippen molar-refractivity contribution in [3.63, 3.8) is 0 Å². The molecule has 1 aromatic carbocycles. The number of fused-ring (bicyclic) bond motifs is 1. The Morgan fingerprint density at radius 3 is 2.75 bits per heavy atom. The van der Waals surface area contributed by atoms with Gasteiger partial charge in [-0.15, -0.1) is 10.2 Å². The van der Waals surface area contributed by atoms with Crippen molar-refractivity contribution in [1.82, 2.24) is 15.2 Å². The zero-order valence-electron chi connectivity index (χ0n) is 13.7. The Bertz CT molecular complexity index is 841. The van der Waals surface area contributed by atoms with Gasteiger partial charge in [-0.05, 0) is 19.4 Å². The van der Waals surface area contributed by atoms with E-state index >= 15 is 0 Å². The average Bonchev–Trinajstić information content (AvgIpc) is 3.16. The van der Waals surface area contributed by atoms with Gasteiger partial charge in [0.25, 0.3) is 0 Å². The number of aromatic amines is 1. The summed E-state index contributed by atoms with van der Waals surface area (Å²) in [5, 5.41) is 9.37. The number of rotatable bonds is 8. The van der Waals surface area contributed by atoms with Crippen molar-refractivity contribution < 1.29 is 4.79 Å². The van der Waals surface area contributed by atoms with Gasteiger partial charge in [0.15, 0.2) is 14.5 Å². The molecule has 24 heavy (non-hydrogen) atoms. The zero-order chi connectivity index (χ0) is 16.9. The third kappa shape index (κ3) is 4.02. The van der Waals surface area contributed by atoms with E-state index in [0.29, 0.717) is 5.75 Å². The normalized spacial score (nSPS) is 11.2. The molecule has 0 spiro atoms. The summed E-state index contributed by atoms with van der Waals surface area (Å²) < 4.78 is 1.85. The minimum Gasteiger partial charge on any atom is -0.358 e. The molecule has 0 amide bonds. The molecule has 7 heteroatoms. The summed E-state index contributed by atoms with van der Waals surface area (Å²) in [7, 11) is 0. The van der Waals surface area contributed by atoms with Gasteiger partial charge in [-0.1, -0.05) is 66.4 Å². The van der Waals surface area contributed by atoms with Crippen LogP contribution < -0.4 is 0 Å². The van der Waals surface area contributed by atoms with Gasteiger partial charge in [-0.25, -0.2) is 0 Å². The standard InChI is InChI=1S/C17H19N3OS3/c1-3-4-9-22-16-19-20-17(24-16)23-10-14(21)15-11(2)18-13-8-6-5-7-12(13)15/h5-8,18H,3-4,9-10H2,1-2H3. The van der Waals surface area contributed by atoms with Gasteiger partial charge in [0.1, 0.15) is 0 Å². The average molecular weight is 378 g/mol. The van der Waals surface area contributed by atoms with Crippen molar-refractivity contribution in [3.8, 4) is 0 Å². The summed E-state index contributed by atoms with van der Waals surface area (Å²) in [6, 6.07) is 7.92. The van der Waals surface area contributed by atoms with E-state index in [9.17, 15) is 4.79 Å². The Morgan fingerprint density at radius 1 is 1.21 bits per heavy atom. The Labute approximate surface area is 153 Å². The molecule has 0 unspecified atom stereocenters. The van der Waals surface area contributed by atoms with Crippen LogP contribution in [0, 0.1) is 6.92 Å². The second kappa shape index (κ2) is 8.18. The Morgan fingerprint density at radius 2 is 1.96 bits per heavy atom. The lowest BCUT2D eigenvalue weighted by Crippen LogP contribution is -2.03. The first kappa shape index (κ1) is 17.5. The van der Waals surface area contributed by atoms with Gasteiger partial charge in [0, 0.05) is 27.9 Å². The fraction of sp³-hybridized carbons (Fsp3) is 0.353. The van der Waals surface area contributed by atoms with Gasteiger partial charge < -0.3 is 4.98 Å². The maximum atomic E-state index is 12.6. The van der Waals surface area contributed by atoms with E-state index in [0.717, 1.165) is 36.6 Å². The van der Waals surface area contributed by atoms with Gasteiger partial charge in [0.2, 0.25) is 0 Å². The highest BCUT2D eigenvalue weighted by atomic mass is 32.2. The molecule has 0 saturated carbocycles. The Hall–Kier alpha value is -1.31. The summed E-state index contributed by atoms with van der Waals surface area (Å²) in [5.41, 5.74) is 2.73. The SMILES string of the molecule is CCCCSc1nnc(SCC(=O)c2c(C)[nH]c3ccccc23)s1. The number of para-hydroxylation sites is 1. The zero-order valence-corrected chi connectivity index (χ0v) is 16.1. The van der Waals surface area contributed by atoms with Crippen molar-refractivity contribution in [1.29, 1.82) is 0 Å². The van der Waals surface area contributed by atoms with Crippen LogP contribution in [0.5, 0.6) is 0 Å². The molecule has 0 aliphatic rings. The first-order valence-electron chi connectivity index (χ1n) is 7.88. The van der Waals surface area contributed by atoms with Gasteiger partial charge in [0.05, 0.1) is 5.75 Å². The number of benzene rings is 1. The third-order valence-corrected chi connectivity index (χ3v) is 6.89. The van der Waals surface area contributed by atoms with Crippen LogP contribution >= 0.6 is 34.9 Å². The van der Waals surface area contributed by atoms with Crippen LogP contribution in [0.25, 0.3) is 10.9 Å². The first-order chi connectivity index (χ1) is 11.7. The maximum absolute atomic E-state index is 12.6. The maximum Gasteiger partial charge on any atom is 0.175 e. The molecule has 126 valence electrons. The fourth-order valence-electron chi connectivity index (χ4n) is 2.45. The van der Waals surface area contributed by atoms with Crippen LogP contribution in [-0.4, -0.2) is 32.5 Å². The van der Waals surface area contributed by atoms with Crippen LogP contribution in [-0.2, 0) is 0 Å². The summed E-state index contributed by atoms with van der Waals surface area (Å²) in [4.78, 5) is 15.9. The molecule has 0 saturated heterocycles. The number of Topliss-reactive ketones (excluding diaryl/α,β-unsaturated/α-hetero) is 1. The molecule has 4 nitrogen and oxygen atoms in total. The quantitative estimate of drug-likeness (QED) is 0.332. The van der Waals surface area contributed by atoms with Crippen LogP contribution in [0.2, 0.25) is 0 Å². The van der Waals surface area contributed by atoms with Gasteiger partial charge in [-0.3, -0.25) is 4.79 Å². The number of carbonyl (C=O) groups excluding carboxylic acids is 1. The molecule has 0 atom stereocenters. The first-order valence-corrected chi connectivity index (χ1v) is 10.7. The van der Waals surface area contributed by atoms with Crippen LogP contribution in [0.15, 0.2) is 32.9 Å². The second-order valence-electron chi connectivity index (χ2n) is 5.42. The van der Waals surface area contributed by atoms with E-state index < -0.39 is 0 Å². The topological polar surface area (TPSA) is 58.6 Å². The molecule has 0 aliphatic heterocycles. The lowest BCUT2D eigenvalue weighted by atomic mass is 10.1. The summed E-state index contributed by atoms with van der Waals surface area (Å²) in [6.45, 7) is 4.13. The Kier molecular flexibility index (Phi) is 5.97. The van der Waals surface area contributed by atoms with Gasteiger partial charge in [-0.2, -0.15) is 0 Å². The summed E-state index contributed by atoms with van der Waals surface area (Å²) in [5.74, 6) is 1.59. The molecule has 1 N–H and O–H groups in total. The minimum atomic E-state index is 0.130. The van der Waals surface area contributed by atoms with Crippen molar-refractivity contribution in [2.75, 3.05) is 11.5 Å². The highest BCUT2D eigenvalue weighted by molar-refractivity contribution is 8.03. The molecular weight excluding hydrogens is 358 g/mol. The molecule has 2 heterocycles. The van der Waals surface area contributed by atoms with E-state index in [-0.39, 0.29) is 5.78 Å². The van der Waals surface area contributed by atoms with E-state index in [1.54, 1.807) is 23.1 Å². The summed E-state index contributed by atoms with van der Waals surface area (Å²) >= 11 is 4.79. The van der Waals surface area contributed by atoms with Crippen molar-refractivity contribution in [3.05, 3.63) is 35.5 Å². The number of nitrogens with zero attached hydrogens (tertiary/aromatic N) is 2. The fourth-order valence-corrected chi connectivity index (χ4v) is 5.50. The number of nitrogens with one attached hydrogen (secondary N) is 1. The van der Waals surface area contributed by atoms with E-state index in [4.69, 9.17) is 0 Å². The number of aryl methyl sites for hydroxylation is 1. The number of H-pyrrole nitrogens is 1. The molecular formula is C17H19N3OS3. The second-order valence-corrected chi connectivity index (χ2v) is 8.96. The molecule has 3 rings (SSSR count). The predicted molar refractivity (Wildman–Crippen MR) is 104 cm³/mol. The highest BCUT2D eigenvalue weighted by Crippen LogP contribution is 2.30. The van der Waals surface area contributed by atoms with Gasteiger partial charge >= 0.3 is 0 Å². The van der Waals surface area contributed by atoms with Crippen molar-refractivity contribution >= 4 is 51.5 Å². The van der Waals surface area contributed by atoms with Crippen molar-refractivity contribution in [2.45, 2.75) is 35.4 Å². The van der Waals surface area contributed by atoms with E-state index in [1.165, 1.54) is 24.6 Å². The predicted octanol–water partition coefficient (Wildman–Crippen LogP) is 5.20. The molecule has 0 fully saturated rings. The number of aromatic nitrogens is 3. The third-order valence-electron chi connectivity index (χ3n) is 3.61. The molecule has 0 radical (unpaired) electrons. The molecule has 2 aromatic heterocycles. The largest absolute Gasteiger partial charge is 0.358 e. The lowest BCUT2D eigenvalue weighted by molar-refractivity contribution is 0.102. The van der Waals surface area contributed by atoms with Crippen LogP contribution in [0.3, 0.4) is 0 Å². The smallest absolute Gasteiger partial charge is 0.175 e. The van der Waals surface area contributed by atoms with Crippen molar-refractivity contribution in [2.24, 2.45) is 0 Å². The molecule has 0 bridgehead atoms. The Balaban J connectivity index is 1.64. The number of hydrogen-bond donors (Lipinski definition) is 1. The van der Waals surface area contributed by atoms with Crippen LogP contribution in [0.1, 0.15) is 35.8 Å². The van der Waals surface area contributed by atoms with Crippen LogP contribution in [0.4, 0.5) is 0 Å². The number of thioether (sulfide) groups is 2. The number of hydrogen-bond acceptors (Lipinski definition) is 6. The summed E-state index contributed by atoms with van der Waals surface area (Å²) in [6.07, 6.45) is 2.37. The lowest BCUT2D eigenvalue weighted by Gasteiger charge is -1.99.